The normalized spacial score (nSPS) is 15.3. The Morgan fingerprint density at radius 2 is 1.63 bits per heavy atom. The quantitative estimate of drug-likeness (QED) is 0.239. The second-order valence-corrected chi connectivity index (χ2v) is 13.1. The molecule has 0 heterocycles. The highest BCUT2D eigenvalue weighted by Crippen LogP contribution is 2.27. The highest BCUT2D eigenvalue weighted by molar-refractivity contribution is 5.92. The van der Waals surface area contributed by atoms with Crippen LogP contribution < -0.4 is 10.6 Å². The van der Waals surface area contributed by atoms with Gasteiger partial charge in [-0.3, -0.25) is 9.59 Å². The van der Waals surface area contributed by atoms with Crippen molar-refractivity contribution in [3.05, 3.63) is 70.8 Å². The molecule has 1 fully saturated rings. The average molecular weight is 592 g/mol. The third kappa shape index (κ3) is 11.0. The molecule has 0 aromatic heterocycles. The predicted octanol–water partition coefficient (Wildman–Crippen LogP) is 7.34. The Labute approximate surface area is 259 Å². The number of hydrogen-bond donors (Lipinski definition) is 2. The van der Waals surface area contributed by atoms with Crippen LogP contribution in [-0.2, 0) is 20.7 Å². The topological polar surface area (TPSA) is 87.7 Å². The molecule has 0 bridgehead atoms. The zero-order chi connectivity index (χ0) is 31.4. The molecule has 2 aromatic rings. The van der Waals surface area contributed by atoms with Gasteiger partial charge in [0.15, 0.2) is 0 Å². The van der Waals surface area contributed by atoms with Crippen molar-refractivity contribution in [1.82, 2.24) is 15.5 Å². The maximum atomic E-state index is 14.7. The van der Waals surface area contributed by atoms with E-state index in [4.69, 9.17) is 4.74 Å². The molecule has 7 nitrogen and oxygen atoms in total. The number of carbonyl (C=O) groups excluding carboxylic acids is 3. The Balaban J connectivity index is 2.03. The number of carbonyl (C=O) groups is 3. The zero-order valence-corrected chi connectivity index (χ0v) is 27.2. The van der Waals surface area contributed by atoms with Gasteiger partial charge in [-0.1, -0.05) is 94.0 Å². The molecule has 2 aromatic carbocycles. The Hall–Kier alpha value is -3.35. The lowest BCUT2D eigenvalue weighted by atomic mass is 9.93. The van der Waals surface area contributed by atoms with Gasteiger partial charge in [0.05, 0.1) is 0 Å². The number of amides is 3. The molecule has 2 N–H and O–H groups in total. The van der Waals surface area contributed by atoms with Gasteiger partial charge in [-0.15, -0.1) is 0 Å². The number of nitrogens with one attached hydrogen (secondary N) is 2. The number of alkyl carbamates (subject to hydrolysis) is 1. The van der Waals surface area contributed by atoms with Crippen LogP contribution in [0.5, 0.6) is 0 Å². The average Bonchev–Trinajstić information content (AvgIpc) is 2.95. The van der Waals surface area contributed by atoms with E-state index in [0.29, 0.717) is 6.54 Å². The lowest BCUT2D eigenvalue weighted by molar-refractivity contribution is -0.143. The van der Waals surface area contributed by atoms with Gasteiger partial charge in [-0.25, -0.2) is 4.79 Å². The number of rotatable bonds is 13. The molecule has 236 valence electrons. The molecule has 0 spiro atoms. The summed E-state index contributed by atoms with van der Waals surface area (Å²) in [5.74, 6) is -0.442. The maximum Gasteiger partial charge on any atom is 0.408 e. The van der Waals surface area contributed by atoms with E-state index in [1.54, 1.807) is 25.7 Å². The van der Waals surface area contributed by atoms with E-state index in [-0.39, 0.29) is 24.3 Å². The van der Waals surface area contributed by atoms with E-state index in [0.717, 1.165) is 73.6 Å². The molecule has 43 heavy (non-hydrogen) atoms. The molecule has 2 unspecified atom stereocenters. The van der Waals surface area contributed by atoms with E-state index in [1.807, 2.05) is 62.4 Å². The SMILES string of the molecule is CCCCCCN(C(=O)C(Cc1ccccc1)NC(=O)OC(C)(C)C)C(C(=O)NC1CCCCC1)c1ccc(C)c(C)c1. The highest BCUT2D eigenvalue weighted by Gasteiger charge is 2.37. The Bertz CT molecular complexity index is 1180. The van der Waals surface area contributed by atoms with E-state index < -0.39 is 23.8 Å². The highest BCUT2D eigenvalue weighted by atomic mass is 16.6. The predicted molar refractivity (Wildman–Crippen MR) is 173 cm³/mol. The Morgan fingerprint density at radius 3 is 2.26 bits per heavy atom. The van der Waals surface area contributed by atoms with E-state index in [1.165, 1.54) is 6.42 Å². The van der Waals surface area contributed by atoms with E-state index in [2.05, 4.69) is 17.6 Å². The van der Waals surface area contributed by atoms with Crippen molar-refractivity contribution in [3.8, 4) is 0 Å². The van der Waals surface area contributed by atoms with E-state index in [9.17, 15) is 14.4 Å². The van der Waals surface area contributed by atoms with Crippen LogP contribution in [-0.4, -0.2) is 47.0 Å². The third-order valence-corrected chi connectivity index (χ3v) is 8.17. The third-order valence-electron chi connectivity index (χ3n) is 8.17. The van der Waals surface area contributed by atoms with Crippen molar-refractivity contribution in [3.63, 3.8) is 0 Å². The fraction of sp³-hybridized carbons (Fsp3) is 0.583. The molecule has 1 saturated carbocycles. The number of hydrogen-bond acceptors (Lipinski definition) is 4. The molecule has 0 radical (unpaired) electrons. The summed E-state index contributed by atoms with van der Waals surface area (Å²) in [5, 5.41) is 6.17. The van der Waals surface area contributed by atoms with Crippen molar-refractivity contribution in [1.29, 1.82) is 0 Å². The standard InChI is InChI=1S/C36H53N3O4/c1-7-8-9-16-23-39(34(41)31(25-28-17-12-10-13-18-28)38-35(42)43-36(4,5)6)32(29-22-21-26(2)27(3)24-29)33(40)37-30-19-14-11-15-20-30/h10,12-13,17-18,21-22,24,30-32H,7-9,11,14-16,19-20,23,25H2,1-6H3,(H,37,40)(H,38,42). The first kappa shape index (κ1) is 34.1. The van der Waals surface area contributed by atoms with Crippen LogP contribution in [0.1, 0.15) is 114 Å². The fourth-order valence-electron chi connectivity index (χ4n) is 5.71. The van der Waals surface area contributed by atoms with Crippen LogP contribution in [0.3, 0.4) is 0 Å². The van der Waals surface area contributed by atoms with Crippen LogP contribution in [0.25, 0.3) is 0 Å². The lowest BCUT2D eigenvalue weighted by Gasteiger charge is -2.36. The second kappa shape index (κ2) is 16.5. The Kier molecular flexibility index (Phi) is 13.1. The van der Waals surface area contributed by atoms with Crippen molar-refractivity contribution in [2.24, 2.45) is 0 Å². The summed E-state index contributed by atoms with van der Waals surface area (Å²) in [6.45, 7) is 12.0. The molecule has 1 aliphatic carbocycles. The zero-order valence-electron chi connectivity index (χ0n) is 27.2. The van der Waals surface area contributed by atoms with Crippen LogP contribution in [0.2, 0.25) is 0 Å². The van der Waals surface area contributed by atoms with Crippen molar-refractivity contribution < 1.29 is 19.1 Å². The van der Waals surface area contributed by atoms with Crippen LogP contribution in [0, 0.1) is 13.8 Å². The number of benzene rings is 2. The molecular formula is C36H53N3O4. The van der Waals surface area contributed by atoms with Crippen molar-refractivity contribution >= 4 is 17.9 Å². The van der Waals surface area contributed by atoms with Crippen LogP contribution in [0.4, 0.5) is 4.79 Å². The molecule has 0 saturated heterocycles. The van der Waals surface area contributed by atoms with Gasteiger partial charge in [0.25, 0.3) is 0 Å². The van der Waals surface area contributed by atoms with Gasteiger partial charge < -0.3 is 20.3 Å². The molecule has 3 rings (SSSR count). The molecule has 3 amide bonds. The van der Waals surface area contributed by atoms with Crippen LogP contribution >= 0.6 is 0 Å². The fourth-order valence-corrected chi connectivity index (χ4v) is 5.71. The number of ether oxygens (including phenoxy) is 1. The monoisotopic (exact) mass is 591 g/mol. The first-order valence-corrected chi connectivity index (χ1v) is 16.2. The minimum atomic E-state index is -0.903. The van der Waals surface area contributed by atoms with Gasteiger partial charge in [0.1, 0.15) is 17.7 Å². The second-order valence-electron chi connectivity index (χ2n) is 13.1. The minimum absolute atomic E-state index is 0.104. The Morgan fingerprint density at radius 1 is 0.930 bits per heavy atom. The summed E-state index contributed by atoms with van der Waals surface area (Å²) >= 11 is 0. The molecule has 1 aliphatic rings. The number of aryl methyl sites for hydroxylation is 2. The van der Waals surface area contributed by atoms with Gasteiger partial charge >= 0.3 is 6.09 Å². The largest absolute Gasteiger partial charge is 0.444 e. The molecule has 0 aliphatic heterocycles. The lowest BCUT2D eigenvalue weighted by Crippen LogP contribution is -2.54. The van der Waals surface area contributed by atoms with Crippen LogP contribution in [0.15, 0.2) is 48.5 Å². The summed E-state index contributed by atoms with van der Waals surface area (Å²) in [7, 11) is 0. The smallest absolute Gasteiger partial charge is 0.408 e. The van der Waals surface area contributed by atoms with Gasteiger partial charge in [-0.05, 0) is 76.1 Å². The van der Waals surface area contributed by atoms with Crippen molar-refractivity contribution in [2.75, 3.05) is 6.54 Å². The van der Waals surface area contributed by atoms with Gasteiger partial charge in [-0.2, -0.15) is 0 Å². The first-order valence-electron chi connectivity index (χ1n) is 16.2. The summed E-state index contributed by atoms with van der Waals surface area (Å²) in [6.07, 6.45) is 8.74. The first-order chi connectivity index (χ1) is 20.5. The van der Waals surface area contributed by atoms with E-state index >= 15 is 0 Å². The summed E-state index contributed by atoms with van der Waals surface area (Å²) in [5.41, 5.74) is 3.18. The summed E-state index contributed by atoms with van der Waals surface area (Å²) in [6, 6.07) is 14.1. The number of nitrogens with zero attached hydrogens (tertiary/aromatic N) is 1. The van der Waals surface area contributed by atoms with Crippen molar-refractivity contribution in [2.45, 2.75) is 129 Å². The minimum Gasteiger partial charge on any atom is -0.444 e. The maximum absolute atomic E-state index is 14.7. The molecule has 7 heteroatoms. The number of unbranched alkanes of at least 4 members (excludes halogenated alkanes) is 3. The summed E-state index contributed by atoms with van der Waals surface area (Å²) < 4.78 is 5.57. The molecular weight excluding hydrogens is 538 g/mol. The molecule has 2 atom stereocenters. The summed E-state index contributed by atoms with van der Waals surface area (Å²) in [4.78, 5) is 43.6. The van der Waals surface area contributed by atoms with Gasteiger partial charge in [0, 0.05) is 19.0 Å². The van der Waals surface area contributed by atoms with Gasteiger partial charge in [0.2, 0.25) is 11.8 Å².